The molecular formula is C47H30N2S. The Hall–Kier alpha value is -6.29. The van der Waals surface area contributed by atoms with Crippen LogP contribution >= 0.6 is 11.3 Å². The first-order valence-corrected chi connectivity index (χ1v) is 17.7. The molecule has 0 N–H and O–H groups in total. The summed E-state index contributed by atoms with van der Waals surface area (Å²) >= 11 is 1.87. The van der Waals surface area contributed by atoms with Crippen molar-refractivity contribution in [3.63, 3.8) is 0 Å². The minimum atomic E-state index is 0.972. The molecule has 0 spiro atoms. The van der Waals surface area contributed by atoms with Crippen LogP contribution in [-0.4, -0.2) is 4.98 Å². The zero-order valence-corrected chi connectivity index (χ0v) is 27.9. The smallest absolute Gasteiger partial charge is 0.0708 e. The highest BCUT2D eigenvalue weighted by molar-refractivity contribution is 7.25. The van der Waals surface area contributed by atoms with Crippen LogP contribution in [0.2, 0.25) is 0 Å². The summed E-state index contributed by atoms with van der Waals surface area (Å²) in [6.45, 7) is 0. The number of rotatable bonds is 5. The Labute approximate surface area is 294 Å². The Morgan fingerprint density at radius 1 is 0.360 bits per heavy atom. The molecule has 50 heavy (non-hydrogen) atoms. The Kier molecular flexibility index (Phi) is 6.71. The third-order valence-electron chi connectivity index (χ3n) is 9.84. The molecule has 3 heteroatoms. The van der Waals surface area contributed by atoms with Crippen molar-refractivity contribution in [1.82, 2.24) is 4.98 Å². The van der Waals surface area contributed by atoms with Crippen molar-refractivity contribution in [3.05, 3.63) is 182 Å². The van der Waals surface area contributed by atoms with E-state index in [1.54, 1.807) is 0 Å². The molecule has 0 aliphatic carbocycles. The van der Waals surface area contributed by atoms with E-state index in [2.05, 4.69) is 181 Å². The van der Waals surface area contributed by atoms with E-state index in [9.17, 15) is 0 Å². The van der Waals surface area contributed by atoms with E-state index in [1.165, 1.54) is 58.2 Å². The summed E-state index contributed by atoms with van der Waals surface area (Å²) in [7, 11) is 0. The van der Waals surface area contributed by atoms with E-state index < -0.39 is 0 Å². The maximum Gasteiger partial charge on any atom is 0.0708 e. The second-order valence-electron chi connectivity index (χ2n) is 12.9. The standard InChI is InChI=1S/C47H30N2S/c1-2-8-34-25-36(14-13-31(34)7-1)32-15-20-40(21-16-32)49(41-22-17-33(18-23-41)45-28-35-9-3-4-10-38(35)30-48-45)42-24-19-37-29-47-44(27-39(37)26-42)43-11-5-6-12-46(43)50-47/h1-30H. The summed E-state index contributed by atoms with van der Waals surface area (Å²) in [5.41, 5.74) is 7.79. The first-order valence-electron chi connectivity index (χ1n) is 16.9. The number of benzene rings is 8. The molecule has 0 unspecified atom stereocenters. The highest BCUT2D eigenvalue weighted by Gasteiger charge is 2.15. The van der Waals surface area contributed by atoms with E-state index in [-0.39, 0.29) is 0 Å². The van der Waals surface area contributed by atoms with Gasteiger partial charge in [0.2, 0.25) is 0 Å². The Balaban J connectivity index is 1.08. The molecule has 0 amide bonds. The van der Waals surface area contributed by atoms with E-state index in [1.807, 2.05) is 17.5 Å². The maximum absolute atomic E-state index is 4.79. The SMILES string of the molecule is c1ccc2cc(-c3ccc(N(c4ccc(-c5cc6ccccc6cn5)cc4)c4ccc5cc6sc7ccccc7c6cc5c4)cc3)ccc2c1. The van der Waals surface area contributed by atoms with Crippen molar-refractivity contribution < 1.29 is 0 Å². The molecule has 2 heterocycles. The molecule has 0 fully saturated rings. The lowest BCUT2D eigenvalue weighted by molar-refractivity contribution is 1.28. The predicted molar refractivity (Wildman–Crippen MR) is 215 cm³/mol. The van der Waals surface area contributed by atoms with Crippen LogP contribution in [0, 0.1) is 0 Å². The van der Waals surface area contributed by atoms with Crippen LogP contribution in [0.25, 0.3) is 74.9 Å². The van der Waals surface area contributed by atoms with Gasteiger partial charge >= 0.3 is 0 Å². The monoisotopic (exact) mass is 654 g/mol. The molecule has 0 saturated heterocycles. The Morgan fingerprint density at radius 2 is 0.960 bits per heavy atom. The number of nitrogens with zero attached hydrogens (tertiary/aromatic N) is 2. The number of thiophene rings is 1. The zero-order chi connectivity index (χ0) is 33.0. The molecule has 0 aliphatic heterocycles. The van der Waals surface area contributed by atoms with E-state index in [0.717, 1.165) is 33.7 Å². The fraction of sp³-hybridized carbons (Fsp3) is 0. The van der Waals surface area contributed by atoms with E-state index >= 15 is 0 Å². The van der Waals surface area contributed by atoms with Crippen molar-refractivity contribution in [1.29, 1.82) is 0 Å². The third kappa shape index (κ3) is 4.99. The number of anilines is 3. The minimum absolute atomic E-state index is 0.972. The van der Waals surface area contributed by atoms with Crippen LogP contribution in [0.5, 0.6) is 0 Å². The van der Waals surface area contributed by atoms with Crippen LogP contribution in [-0.2, 0) is 0 Å². The van der Waals surface area contributed by atoms with Crippen molar-refractivity contribution in [2.45, 2.75) is 0 Å². The minimum Gasteiger partial charge on any atom is -0.310 e. The third-order valence-corrected chi connectivity index (χ3v) is 11.0. The van der Waals surface area contributed by atoms with Gasteiger partial charge in [-0.15, -0.1) is 11.3 Å². The van der Waals surface area contributed by atoms with Crippen LogP contribution in [0.15, 0.2) is 182 Å². The van der Waals surface area contributed by atoms with E-state index in [0.29, 0.717) is 0 Å². The fourth-order valence-corrected chi connectivity index (χ4v) is 8.37. The molecule has 10 rings (SSSR count). The summed E-state index contributed by atoms with van der Waals surface area (Å²) in [6, 6.07) is 63.8. The lowest BCUT2D eigenvalue weighted by Gasteiger charge is -2.26. The van der Waals surface area contributed by atoms with Crippen LogP contribution in [0.1, 0.15) is 0 Å². The molecule has 0 bridgehead atoms. The quantitative estimate of drug-likeness (QED) is 0.184. The Morgan fingerprint density at radius 3 is 1.76 bits per heavy atom. The molecular weight excluding hydrogens is 625 g/mol. The average molecular weight is 655 g/mol. The highest BCUT2D eigenvalue weighted by atomic mass is 32.1. The lowest BCUT2D eigenvalue weighted by Crippen LogP contribution is -2.09. The van der Waals surface area contributed by atoms with Gasteiger partial charge in [-0.3, -0.25) is 4.98 Å². The number of fused-ring (bicyclic) bond motifs is 6. The predicted octanol–water partition coefficient (Wildman–Crippen LogP) is 13.7. The van der Waals surface area contributed by atoms with Crippen molar-refractivity contribution in [3.8, 4) is 22.4 Å². The van der Waals surface area contributed by atoms with Crippen molar-refractivity contribution >= 4 is 80.9 Å². The number of pyridine rings is 1. The van der Waals surface area contributed by atoms with Crippen molar-refractivity contribution in [2.24, 2.45) is 0 Å². The van der Waals surface area contributed by atoms with Crippen LogP contribution < -0.4 is 4.90 Å². The number of hydrogen-bond donors (Lipinski definition) is 0. The molecule has 234 valence electrons. The second-order valence-corrected chi connectivity index (χ2v) is 14.0. The molecule has 0 aliphatic rings. The van der Waals surface area contributed by atoms with Gasteiger partial charge in [-0.1, -0.05) is 109 Å². The van der Waals surface area contributed by atoms with Gasteiger partial charge in [0.05, 0.1) is 5.69 Å². The van der Waals surface area contributed by atoms with Gasteiger partial charge in [0.1, 0.15) is 0 Å². The average Bonchev–Trinajstić information content (AvgIpc) is 3.54. The van der Waals surface area contributed by atoms with Crippen LogP contribution in [0.4, 0.5) is 17.1 Å². The van der Waals surface area contributed by atoms with Gasteiger partial charge in [0.25, 0.3) is 0 Å². The molecule has 8 aromatic carbocycles. The van der Waals surface area contributed by atoms with Gasteiger partial charge in [-0.25, -0.2) is 0 Å². The summed E-state index contributed by atoms with van der Waals surface area (Å²) < 4.78 is 2.65. The van der Waals surface area contributed by atoms with Gasteiger partial charge in [0.15, 0.2) is 0 Å². The maximum atomic E-state index is 4.79. The molecule has 0 atom stereocenters. The summed E-state index contributed by atoms with van der Waals surface area (Å²) in [6.07, 6.45) is 1.96. The fourth-order valence-electron chi connectivity index (χ4n) is 7.24. The van der Waals surface area contributed by atoms with E-state index in [4.69, 9.17) is 4.98 Å². The normalized spacial score (nSPS) is 11.6. The van der Waals surface area contributed by atoms with Gasteiger partial charge in [-0.05, 0) is 105 Å². The number of aromatic nitrogens is 1. The van der Waals surface area contributed by atoms with Crippen LogP contribution in [0.3, 0.4) is 0 Å². The van der Waals surface area contributed by atoms with Gasteiger partial charge < -0.3 is 4.90 Å². The summed E-state index contributed by atoms with van der Waals surface area (Å²) in [5.74, 6) is 0. The summed E-state index contributed by atoms with van der Waals surface area (Å²) in [4.78, 5) is 7.15. The molecule has 0 saturated carbocycles. The van der Waals surface area contributed by atoms with Crippen molar-refractivity contribution in [2.75, 3.05) is 4.90 Å². The molecule has 2 aromatic heterocycles. The molecule has 10 aromatic rings. The largest absolute Gasteiger partial charge is 0.310 e. The zero-order valence-electron chi connectivity index (χ0n) is 27.1. The topological polar surface area (TPSA) is 16.1 Å². The second kappa shape index (κ2) is 11.7. The van der Waals surface area contributed by atoms with Gasteiger partial charge in [-0.2, -0.15) is 0 Å². The highest BCUT2D eigenvalue weighted by Crippen LogP contribution is 2.41. The molecule has 2 nitrogen and oxygen atoms in total. The van der Waals surface area contributed by atoms with Gasteiger partial charge in [0, 0.05) is 54.4 Å². The summed E-state index contributed by atoms with van der Waals surface area (Å²) in [5, 5.41) is 9.96. The first kappa shape index (κ1) is 28.7. The molecule has 0 radical (unpaired) electrons. The first-order chi connectivity index (χ1) is 24.7. The Bertz CT molecular complexity index is 2750. The lowest BCUT2D eigenvalue weighted by atomic mass is 10.0. The number of hydrogen-bond acceptors (Lipinski definition) is 3.